The first-order valence-electron chi connectivity index (χ1n) is 12.6. The van der Waals surface area contributed by atoms with E-state index in [4.69, 9.17) is 9.47 Å². The zero-order chi connectivity index (χ0) is 26.6. The maximum Gasteiger partial charge on any atom is 0.240 e. The third kappa shape index (κ3) is 5.97. The van der Waals surface area contributed by atoms with Gasteiger partial charge >= 0.3 is 0 Å². The number of hydrogen-bond donors (Lipinski definition) is 1. The molecule has 0 radical (unpaired) electrons. The molecule has 3 aromatic heterocycles. The minimum absolute atomic E-state index is 0.0837. The van der Waals surface area contributed by atoms with Gasteiger partial charge in [-0.25, -0.2) is 18.4 Å². The zero-order valence-electron chi connectivity index (χ0n) is 22.0. The molecule has 4 rings (SSSR count). The molecule has 37 heavy (non-hydrogen) atoms. The van der Waals surface area contributed by atoms with Gasteiger partial charge in [0, 0.05) is 44.1 Å². The van der Waals surface area contributed by atoms with Crippen LogP contribution in [0.4, 0.5) is 5.95 Å². The van der Waals surface area contributed by atoms with Crippen LogP contribution in [0.3, 0.4) is 0 Å². The van der Waals surface area contributed by atoms with Crippen molar-refractivity contribution in [2.45, 2.75) is 76.9 Å². The molecule has 0 aromatic carbocycles. The smallest absolute Gasteiger partial charge is 0.240 e. The Labute approximate surface area is 218 Å². The van der Waals surface area contributed by atoms with Crippen molar-refractivity contribution in [2.24, 2.45) is 0 Å². The average Bonchev–Trinajstić information content (AvgIpc) is 3.29. The number of ether oxygens (including phenoxy) is 2. The Morgan fingerprint density at radius 1 is 1.14 bits per heavy atom. The summed E-state index contributed by atoms with van der Waals surface area (Å²) < 4.78 is 43.4. The van der Waals surface area contributed by atoms with Crippen LogP contribution in [0.5, 0.6) is 0 Å². The van der Waals surface area contributed by atoms with E-state index >= 15 is 0 Å². The number of aryl methyl sites for hydroxylation is 2. The van der Waals surface area contributed by atoms with Gasteiger partial charge < -0.3 is 9.47 Å². The molecule has 1 saturated heterocycles. The molecule has 1 aliphatic heterocycles. The maximum absolute atomic E-state index is 13.6. The zero-order valence-corrected chi connectivity index (χ0v) is 22.8. The van der Waals surface area contributed by atoms with Crippen molar-refractivity contribution >= 4 is 16.0 Å². The number of methoxy groups -OCH3 is 1. The van der Waals surface area contributed by atoms with Gasteiger partial charge in [-0.3, -0.25) is 14.3 Å². The van der Waals surface area contributed by atoms with Crippen LogP contribution >= 0.6 is 0 Å². The van der Waals surface area contributed by atoms with Gasteiger partial charge in [0.2, 0.25) is 16.0 Å². The molecule has 0 saturated carbocycles. The summed E-state index contributed by atoms with van der Waals surface area (Å²) in [6, 6.07) is 1.79. The first-order valence-corrected chi connectivity index (χ1v) is 14.1. The van der Waals surface area contributed by atoms with Crippen molar-refractivity contribution in [3.05, 3.63) is 47.8 Å². The average molecular weight is 530 g/mol. The van der Waals surface area contributed by atoms with E-state index in [0.717, 1.165) is 36.0 Å². The lowest BCUT2D eigenvalue weighted by Gasteiger charge is -2.32. The number of hydrogen-bond acceptors (Lipinski definition) is 9. The van der Waals surface area contributed by atoms with Gasteiger partial charge in [0.05, 0.1) is 12.1 Å². The second-order valence-electron chi connectivity index (χ2n) is 9.48. The predicted octanol–water partition coefficient (Wildman–Crippen LogP) is 3.79. The van der Waals surface area contributed by atoms with E-state index in [2.05, 4.69) is 36.8 Å². The van der Waals surface area contributed by atoms with Crippen LogP contribution in [0, 0.1) is 13.8 Å². The van der Waals surface area contributed by atoms with E-state index in [1.54, 1.807) is 31.7 Å². The normalized spacial score (nSPS) is 18.8. The lowest BCUT2D eigenvalue weighted by Crippen LogP contribution is -2.35. The number of rotatable bonds is 10. The molecule has 3 aromatic rings. The first kappa shape index (κ1) is 27.1. The highest BCUT2D eigenvalue weighted by molar-refractivity contribution is 7.93. The van der Waals surface area contributed by atoms with Crippen molar-refractivity contribution in [3.8, 4) is 11.4 Å². The lowest BCUT2D eigenvalue weighted by molar-refractivity contribution is -0.0169. The van der Waals surface area contributed by atoms with Gasteiger partial charge in [0.15, 0.2) is 11.6 Å². The highest BCUT2D eigenvalue weighted by Gasteiger charge is 2.36. The molecular weight excluding hydrogens is 494 g/mol. The van der Waals surface area contributed by atoms with Gasteiger partial charge in [0.1, 0.15) is 11.4 Å². The molecule has 0 bridgehead atoms. The predicted molar refractivity (Wildman–Crippen MR) is 139 cm³/mol. The second kappa shape index (κ2) is 11.6. The van der Waals surface area contributed by atoms with Crippen molar-refractivity contribution in [3.63, 3.8) is 0 Å². The standard InChI is InChI=1S/C25H35N7O4S/c1-6-20(21-9-7-8-10-36-21)32-24(19-11-16(2)12-26-15-19)29-30-25(32)31-37(33,34)18(4)22(35-5)23-27-13-17(3)14-28-23/h11-15,18,20-22H,6-10H2,1-5H3,(H,30,31)/t18?,20?,21-,22?/m1/s1. The van der Waals surface area contributed by atoms with Gasteiger partial charge in [0.25, 0.3) is 0 Å². The van der Waals surface area contributed by atoms with Crippen molar-refractivity contribution < 1.29 is 17.9 Å². The monoisotopic (exact) mass is 529 g/mol. The van der Waals surface area contributed by atoms with E-state index in [1.165, 1.54) is 7.11 Å². The van der Waals surface area contributed by atoms with Crippen LogP contribution in [-0.4, -0.2) is 63.2 Å². The lowest BCUT2D eigenvalue weighted by atomic mass is 9.99. The largest absolute Gasteiger partial charge is 0.376 e. The topological polar surface area (TPSA) is 134 Å². The summed E-state index contributed by atoms with van der Waals surface area (Å²) in [6.45, 7) is 8.10. The minimum atomic E-state index is -3.99. The van der Waals surface area contributed by atoms with Crippen molar-refractivity contribution in [1.29, 1.82) is 0 Å². The van der Waals surface area contributed by atoms with Gasteiger partial charge in [-0.1, -0.05) is 6.92 Å². The van der Waals surface area contributed by atoms with Crippen molar-refractivity contribution in [1.82, 2.24) is 29.7 Å². The molecule has 3 unspecified atom stereocenters. The van der Waals surface area contributed by atoms with Crippen molar-refractivity contribution in [2.75, 3.05) is 18.4 Å². The molecule has 4 heterocycles. The molecule has 1 fully saturated rings. The van der Waals surface area contributed by atoms with Crippen LogP contribution in [0.15, 0.2) is 30.9 Å². The summed E-state index contributed by atoms with van der Waals surface area (Å²) in [6.07, 6.45) is 9.42. The summed E-state index contributed by atoms with van der Waals surface area (Å²) in [5.74, 6) is 0.956. The highest BCUT2D eigenvalue weighted by atomic mass is 32.2. The van der Waals surface area contributed by atoms with Gasteiger partial charge in [-0.05, 0) is 63.6 Å². The van der Waals surface area contributed by atoms with E-state index in [-0.39, 0.29) is 18.1 Å². The van der Waals surface area contributed by atoms with E-state index in [0.29, 0.717) is 24.7 Å². The fourth-order valence-corrected chi connectivity index (χ4v) is 5.81. The number of anilines is 1. The van der Waals surface area contributed by atoms with Crippen LogP contribution < -0.4 is 4.72 Å². The Bertz CT molecular complexity index is 1290. The number of nitrogens with zero attached hydrogens (tertiary/aromatic N) is 6. The minimum Gasteiger partial charge on any atom is -0.376 e. The number of nitrogens with one attached hydrogen (secondary N) is 1. The molecule has 4 atom stereocenters. The Hall–Kier alpha value is -2.96. The van der Waals surface area contributed by atoms with Crippen LogP contribution in [0.2, 0.25) is 0 Å². The maximum atomic E-state index is 13.6. The number of pyridine rings is 1. The fraction of sp³-hybridized carbons (Fsp3) is 0.560. The second-order valence-corrected chi connectivity index (χ2v) is 11.5. The third-order valence-electron chi connectivity index (χ3n) is 6.68. The van der Waals surface area contributed by atoms with E-state index in [9.17, 15) is 8.42 Å². The summed E-state index contributed by atoms with van der Waals surface area (Å²) in [4.78, 5) is 12.9. The Morgan fingerprint density at radius 3 is 2.51 bits per heavy atom. The SMILES string of the molecule is CCC([C@H]1CCCCO1)n1c(NS(=O)(=O)C(C)C(OC)c2ncc(C)cn2)nnc1-c1cncc(C)c1. The summed E-state index contributed by atoms with van der Waals surface area (Å²) in [5, 5.41) is 7.68. The van der Waals surface area contributed by atoms with Crippen LogP contribution in [0.1, 0.15) is 68.6 Å². The molecule has 12 heteroatoms. The summed E-state index contributed by atoms with van der Waals surface area (Å²) >= 11 is 0. The molecule has 11 nitrogen and oxygen atoms in total. The number of aromatic nitrogens is 6. The third-order valence-corrected chi connectivity index (χ3v) is 8.37. The molecule has 200 valence electrons. The summed E-state index contributed by atoms with van der Waals surface area (Å²) in [7, 11) is -2.55. The molecular formula is C25H35N7O4S. The molecule has 0 amide bonds. The highest BCUT2D eigenvalue weighted by Crippen LogP contribution is 2.34. The van der Waals surface area contributed by atoms with Gasteiger partial charge in [-0.2, -0.15) is 0 Å². The quantitative estimate of drug-likeness (QED) is 0.416. The molecule has 1 aliphatic rings. The summed E-state index contributed by atoms with van der Waals surface area (Å²) in [5.41, 5.74) is 2.59. The Morgan fingerprint density at radius 2 is 1.89 bits per heavy atom. The Kier molecular flexibility index (Phi) is 8.50. The van der Waals surface area contributed by atoms with E-state index < -0.39 is 21.4 Å². The fourth-order valence-electron chi connectivity index (χ4n) is 4.67. The molecule has 0 aliphatic carbocycles. The number of sulfonamides is 1. The van der Waals surface area contributed by atoms with Gasteiger partial charge in [-0.15, -0.1) is 10.2 Å². The van der Waals surface area contributed by atoms with Crippen LogP contribution in [-0.2, 0) is 19.5 Å². The van der Waals surface area contributed by atoms with E-state index in [1.807, 2.05) is 24.5 Å². The molecule has 1 N–H and O–H groups in total. The molecule has 0 spiro atoms. The Balaban J connectivity index is 1.73. The van der Waals surface area contributed by atoms with Crippen LogP contribution in [0.25, 0.3) is 11.4 Å². The first-order chi connectivity index (χ1) is 17.7.